The van der Waals surface area contributed by atoms with Crippen LogP contribution in [0.25, 0.3) is 10.9 Å². The number of benzene rings is 1. The highest BCUT2D eigenvalue weighted by Gasteiger charge is 2.14. The summed E-state index contributed by atoms with van der Waals surface area (Å²) in [6.07, 6.45) is 2.56. The molecule has 0 aliphatic rings. The summed E-state index contributed by atoms with van der Waals surface area (Å²) in [6, 6.07) is 7.27. The smallest absolute Gasteiger partial charge is 0.253 e. The van der Waals surface area contributed by atoms with Crippen molar-refractivity contribution in [1.82, 2.24) is 10.3 Å². The molecule has 18 heavy (non-hydrogen) atoms. The number of aromatic nitrogens is 1. The number of nitrogens with zero attached hydrogens (tertiary/aromatic N) is 1. The van der Waals surface area contributed by atoms with Crippen molar-refractivity contribution < 1.29 is 4.79 Å². The molecule has 0 radical (unpaired) electrons. The molecule has 0 aliphatic carbocycles. The van der Waals surface area contributed by atoms with Crippen LogP contribution in [0.3, 0.4) is 0 Å². The van der Waals surface area contributed by atoms with Gasteiger partial charge in [-0.3, -0.25) is 9.78 Å². The molecule has 0 saturated carbocycles. The third-order valence-electron chi connectivity index (χ3n) is 2.95. The Morgan fingerprint density at radius 3 is 2.94 bits per heavy atom. The minimum atomic E-state index is -0.107. The van der Waals surface area contributed by atoms with Crippen LogP contribution < -0.4 is 5.32 Å². The number of rotatable bonds is 3. The minimum Gasteiger partial charge on any atom is -0.350 e. The summed E-state index contributed by atoms with van der Waals surface area (Å²) in [5.41, 5.74) is 1.21. The fraction of sp³-hybridized carbons (Fsp3) is 0.286. The molecule has 1 aromatic carbocycles. The monoisotopic (exact) mass is 262 g/mol. The molecule has 2 aromatic rings. The van der Waals surface area contributed by atoms with Crippen molar-refractivity contribution in [2.75, 3.05) is 0 Å². The molecule has 3 nitrogen and oxygen atoms in total. The highest BCUT2D eigenvalue weighted by Crippen LogP contribution is 2.24. The van der Waals surface area contributed by atoms with Gasteiger partial charge in [0.15, 0.2) is 0 Å². The second-order valence-corrected chi connectivity index (χ2v) is 4.68. The second kappa shape index (κ2) is 5.36. The fourth-order valence-electron chi connectivity index (χ4n) is 1.72. The van der Waals surface area contributed by atoms with Gasteiger partial charge in [-0.15, -0.1) is 0 Å². The Kier molecular flexibility index (Phi) is 3.82. The van der Waals surface area contributed by atoms with Gasteiger partial charge in [0, 0.05) is 17.6 Å². The molecular formula is C14H15ClN2O. The Morgan fingerprint density at radius 1 is 1.44 bits per heavy atom. The average molecular weight is 263 g/mol. The van der Waals surface area contributed by atoms with Gasteiger partial charge in [-0.1, -0.05) is 18.5 Å². The van der Waals surface area contributed by atoms with Crippen molar-refractivity contribution in [3.63, 3.8) is 0 Å². The SMILES string of the molecule is CC[C@H](C)NC(=O)c1ccc(Cl)c2cccnc12. The summed E-state index contributed by atoms with van der Waals surface area (Å²) in [5, 5.41) is 4.35. The van der Waals surface area contributed by atoms with E-state index in [1.54, 1.807) is 18.3 Å². The van der Waals surface area contributed by atoms with E-state index in [1.165, 1.54) is 0 Å². The summed E-state index contributed by atoms with van der Waals surface area (Å²) in [7, 11) is 0. The summed E-state index contributed by atoms with van der Waals surface area (Å²) in [4.78, 5) is 16.4. The lowest BCUT2D eigenvalue weighted by Gasteiger charge is -2.12. The van der Waals surface area contributed by atoms with Crippen molar-refractivity contribution in [3.05, 3.63) is 41.0 Å². The predicted molar refractivity (Wildman–Crippen MR) is 74.0 cm³/mol. The normalized spacial score (nSPS) is 12.4. The molecule has 0 unspecified atom stereocenters. The molecule has 94 valence electrons. The zero-order valence-electron chi connectivity index (χ0n) is 10.4. The molecule has 1 aromatic heterocycles. The summed E-state index contributed by atoms with van der Waals surface area (Å²) < 4.78 is 0. The largest absolute Gasteiger partial charge is 0.350 e. The maximum absolute atomic E-state index is 12.1. The number of nitrogens with one attached hydrogen (secondary N) is 1. The van der Waals surface area contributed by atoms with Crippen LogP contribution in [-0.4, -0.2) is 16.9 Å². The lowest BCUT2D eigenvalue weighted by Crippen LogP contribution is -2.32. The van der Waals surface area contributed by atoms with Gasteiger partial charge in [0.05, 0.1) is 16.1 Å². The second-order valence-electron chi connectivity index (χ2n) is 4.28. The van der Waals surface area contributed by atoms with Crippen LogP contribution in [0.1, 0.15) is 30.6 Å². The van der Waals surface area contributed by atoms with Crippen molar-refractivity contribution in [2.45, 2.75) is 26.3 Å². The van der Waals surface area contributed by atoms with E-state index in [0.29, 0.717) is 16.1 Å². The molecule has 0 aliphatic heterocycles. The minimum absolute atomic E-state index is 0.107. The Bertz CT molecular complexity index is 583. The van der Waals surface area contributed by atoms with Gasteiger partial charge in [-0.2, -0.15) is 0 Å². The van der Waals surface area contributed by atoms with E-state index in [1.807, 2.05) is 26.0 Å². The van der Waals surface area contributed by atoms with Crippen molar-refractivity contribution in [1.29, 1.82) is 0 Å². The van der Waals surface area contributed by atoms with E-state index in [9.17, 15) is 4.79 Å². The molecule has 0 spiro atoms. The number of carbonyl (C=O) groups is 1. The first-order valence-corrected chi connectivity index (χ1v) is 6.35. The Morgan fingerprint density at radius 2 is 2.22 bits per heavy atom. The van der Waals surface area contributed by atoms with Crippen LogP contribution in [0.15, 0.2) is 30.5 Å². The van der Waals surface area contributed by atoms with Gasteiger partial charge < -0.3 is 5.32 Å². The van der Waals surface area contributed by atoms with Crippen LogP contribution in [0, 0.1) is 0 Å². The first-order valence-electron chi connectivity index (χ1n) is 5.97. The molecule has 0 fully saturated rings. The lowest BCUT2D eigenvalue weighted by atomic mass is 10.1. The van der Waals surface area contributed by atoms with E-state index in [-0.39, 0.29) is 11.9 Å². The topological polar surface area (TPSA) is 42.0 Å². The van der Waals surface area contributed by atoms with Crippen LogP contribution in [0.5, 0.6) is 0 Å². The van der Waals surface area contributed by atoms with E-state index in [2.05, 4.69) is 10.3 Å². The first kappa shape index (κ1) is 12.8. The van der Waals surface area contributed by atoms with E-state index < -0.39 is 0 Å². The predicted octanol–water partition coefficient (Wildman–Crippen LogP) is 3.42. The maximum atomic E-state index is 12.1. The number of hydrogen-bond donors (Lipinski definition) is 1. The Hall–Kier alpha value is -1.61. The molecule has 1 heterocycles. The molecule has 1 atom stereocenters. The number of amides is 1. The summed E-state index contributed by atoms with van der Waals surface area (Å²) >= 11 is 6.10. The zero-order chi connectivity index (χ0) is 13.1. The van der Waals surface area contributed by atoms with Gasteiger partial charge in [-0.05, 0) is 37.6 Å². The van der Waals surface area contributed by atoms with E-state index in [0.717, 1.165) is 11.8 Å². The molecule has 0 bridgehead atoms. The fourth-order valence-corrected chi connectivity index (χ4v) is 1.94. The number of fused-ring (bicyclic) bond motifs is 1. The van der Waals surface area contributed by atoms with Gasteiger partial charge in [0.1, 0.15) is 0 Å². The Balaban J connectivity index is 2.45. The van der Waals surface area contributed by atoms with Crippen LogP contribution in [0.4, 0.5) is 0 Å². The number of pyridine rings is 1. The van der Waals surface area contributed by atoms with Crippen molar-refractivity contribution in [3.8, 4) is 0 Å². The first-order chi connectivity index (χ1) is 8.63. The molecule has 2 rings (SSSR count). The van der Waals surface area contributed by atoms with Gasteiger partial charge >= 0.3 is 0 Å². The maximum Gasteiger partial charge on any atom is 0.253 e. The Labute approximate surface area is 111 Å². The summed E-state index contributed by atoms with van der Waals surface area (Å²) in [5.74, 6) is -0.107. The van der Waals surface area contributed by atoms with Crippen LogP contribution >= 0.6 is 11.6 Å². The van der Waals surface area contributed by atoms with Gasteiger partial charge in [-0.25, -0.2) is 0 Å². The number of carbonyl (C=O) groups excluding carboxylic acids is 1. The van der Waals surface area contributed by atoms with Crippen molar-refractivity contribution in [2.24, 2.45) is 0 Å². The molecule has 0 saturated heterocycles. The third kappa shape index (κ3) is 2.46. The van der Waals surface area contributed by atoms with E-state index >= 15 is 0 Å². The molecule has 1 N–H and O–H groups in total. The third-order valence-corrected chi connectivity index (χ3v) is 3.28. The van der Waals surface area contributed by atoms with Gasteiger partial charge in [0.25, 0.3) is 5.91 Å². The number of hydrogen-bond acceptors (Lipinski definition) is 2. The molecule has 4 heteroatoms. The number of halogens is 1. The summed E-state index contributed by atoms with van der Waals surface area (Å²) in [6.45, 7) is 4.01. The standard InChI is InChI=1S/C14H15ClN2O/c1-3-9(2)17-14(18)11-6-7-12(15)10-5-4-8-16-13(10)11/h4-9H,3H2,1-2H3,(H,17,18)/t9-/m0/s1. The zero-order valence-corrected chi connectivity index (χ0v) is 11.2. The van der Waals surface area contributed by atoms with Crippen LogP contribution in [0.2, 0.25) is 5.02 Å². The highest BCUT2D eigenvalue weighted by molar-refractivity contribution is 6.36. The molecular weight excluding hydrogens is 248 g/mol. The van der Waals surface area contributed by atoms with Crippen molar-refractivity contribution >= 4 is 28.4 Å². The quantitative estimate of drug-likeness (QED) is 0.921. The van der Waals surface area contributed by atoms with Gasteiger partial charge in [0.2, 0.25) is 0 Å². The highest BCUT2D eigenvalue weighted by atomic mass is 35.5. The van der Waals surface area contributed by atoms with E-state index in [4.69, 9.17) is 11.6 Å². The average Bonchev–Trinajstić information content (AvgIpc) is 2.39. The molecule has 1 amide bonds. The van der Waals surface area contributed by atoms with Crippen LogP contribution in [-0.2, 0) is 0 Å². The lowest BCUT2D eigenvalue weighted by molar-refractivity contribution is 0.0941.